The highest BCUT2D eigenvalue weighted by atomic mass is 19.1. The van der Waals surface area contributed by atoms with Gasteiger partial charge in [0.1, 0.15) is 39.5 Å². The normalized spacial score (nSPS) is 13.4. The number of benzene rings is 3. The number of rotatable bonds is 5. The van der Waals surface area contributed by atoms with Crippen LogP contribution in [0.25, 0.3) is 28.0 Å². The molecule has 212 valence electrons. The molecular weight excluding hydrogens is 529 g/mol. The molecule has 0 atom stereocenters. The van der Waals surface area contributed by atoms with E-state index >= 15 is 0 Å². The van der Waals surface area contributed by atoms with E-state index in [2.05, 4.69) is 0 Å². The smallest absolute Gasteiger partial charge is 0.419 e. The van der Waals surface area contributed by atoms with Gasteiger partial charge in [-0.15, -0.1) is 0 Å². The first-order chi connectivity index (χ1) is 19.4. The molecule has 2 heterocycles. The van der Waals surface area contributed by atoms with Crippen LogP contribution in [0.2, 0.25) is 0 Å². The van der Waals surface area contributed by atoms with E-state index in [0.29, 0.717) is 16.9 Å². The van der Waals surface area contributed by atoms with Crippen LogP contribution in [0.3, 0.4) is 0 Å². The number of ether oxygens (including phenoxy) is 3. The van der Waals surface area contributed by atoms with E-state index in [1.807, 2.05) is 33.8 Å². The monoisotopic (exact) mass is 559 g/mol. The molecule has 4 aromatic rings. The Kier molecular flexibility index (Phi) is 6.98. The maximum Gasteiger partial charge on any atom is 0.419 e. The molecule has 0 unspecified atom stereocenters. The first-order valence-corrected chi connectivity index (χ1v) is 13.0. The highest BCUT2D eigenvalue weighted by Crippen LogP contribution is 2.44. The summed E-state index contributed by atoms with van der Waals surface area (Å²) in [6.07, 6.45) is 4.78. The number of amides is 1. The van der Waals surface area contributed by atoms with Crippen molar-refractivity contribution in [2.45, 2.75) is 39.7 Å². The third-order valence-electron chi connectivity index (χ3n) is 6.88. The molecule has 0 saturated carbocycles. The van der Waals surface area contributed by atoms with Gasteiger partial charge in [-0.3, -0.25) is 9.69 Å². The Labute approximate surface area is 235 Å². The number of allylic oxidation sites excluding steroid dienone is 2. The van der Waals surface area contributed by atoms with E-state index in [4.69, 9.17) is 18.6 Å². The van der Waals surface area contributed by atoms with Crippen molar-refractivity contribution >= 4 is 39.8 Å². The van der Waals surface area contributed by atoms with Gasteiger partial charge >= 0.3 is 6.09 Å². The summed E-state index contributed by atoms with van der Waals surface area (Å²) in [5.74, 6) is -0.368. The third kappa shape index (κ3) is 4.99. The Morgan fingerprint density at radius 1 is 1.15 bits per heavy atom. The zero-order valence-electron chi connectivity index (χ0n) is 23.6. The van der Waals surface area contributed by atoms with Crippen LogP contribution in [0.4, 0.5) is 14.9 Å². The van der Waals surface area contributed by atoms with Crippen LogP contribution in [-0.2, 0) is 6.42 Å². The SMILES string of the molecule is COc1c(OC(=O)N(C)c2ccccc2F)cc2oc3cc4c(c(O)c3c(=O)c2c1CC=C(C)C)C=CC(C)(C)O4. The van der Waals surface area contributed by atoms with Crippen LogP contribution in [0, 0.1) is 5.82 Å². The van der Waals surface area contributed by atoms with Gasteiger partial charge in [0.05, 0.1) is 23.7 Å². The molecule has 3 aromatic carbocycles. The third-order valence-corrected chi connectivity index (χ3v) is 6.88. The highest BCUT2D eigenvalue weighted by Gasteiger charge is 2.29. The molecule has 1 N–H and O–H groups in total. The fraction of sp³-hybridized carbons (Fsp3) is 0.250. The van der Waals surface area contributed by atoms with Crippen LogP contribution in [0.1, 0.15) is 38.8 Å². The first-order valence-electron chi connectivity index (χ1n) is 13.0. The Bertz CT molecular complexity index is 1830. The molecular formula is C32H30FNO7. The number of para-hydroxylation sites is 1. The van der Waals surface area contributed by atoms with E-state index in [1.165, 1.54) is 38.4 Å². The van der Waals surface area contributed by atoms with Crippen molar-refractivity contribution in [3.05, 3.63) is 81.3 Å². The maximum absolute atomic E-state index is 14.4. The summed E-state index contributed by atoms with van der Waals surface area (Å²) < 4.78 is 37.9. The van der Waals surface area contributed by atoms with Crippen LogP contribution in [0.5, 0.6) is 23.0 Å². The molecule has 1 aromatic heterocycles. The lowest BCUT2D eigenvalue weighted by Crippen LogP contribution is -2.30. The van der Waals surface area contributed by atoms with Gasteiger partial charge < -0.3 is 23.7 Å². The number of hydrogen-bond donors (Lipinski definition) is 1. The number of phenolic OH excluding ortho intramolecular Hbond substituents is 1. The minimum absolute atomic E-state index is 0.00580. The number of nitrogens with zero attached hydrogens (tertiary/aromatic N) is 1. The van der Waals surface area contributed by atoms with Gasteiger partial charge in [-0.2, -0.15) is 0 Å². The standard InChI is InChI=1S/C32H30FNO7/c1-17(2)11-12-19-26-23(16-25(30(19)38-6)40-31(37)34(5)21-10-8-7-9-20(21)33)39-24-15-22-18(13-14-32(3,4)41-22)28(35)27(24)29(26)36/h7-11,13-16,35H,12H2,1-6H3. The summed E-state index contributed by atoms with van der Waals surface area (Å²) in [7, 11) is 2.78. The summed E-state index contributed by atoms with van der Waals surface area (Å²) >= 11 is 0. The van der Waals surface area contributed by atoms with Crippen molar-refractivity contribution in [2.75, 3.05) is 19.1 Å². The second-order valence-corrected chi connectivity index (χ2v) is 10.6. The average Bonchev–Trinajstić information content (AvgIpc) is 2.90. The van der Waals surface area contributed by atoms with Gasteiger partial charge in [-0.05, 0) is 58.4 Å². The summed E-state index contributed by atoms with van der Waals surface area (Å²) in [5.41, 5.74) is 0.903. The Hall–Kier alpha value is -4.79. The minimum Gasteiger partial charge on any atom is -0.506 e. The number of aromatic hydroxyl groups is 1. The van der Waals surface area contributed by atoms with Gasteiger partial charge in [0, 0.05) is 24.7 Å². The van der Waals surface area contributed by atoms with Crippen molar-refractivity contribution < 1.29 is 32.9 Å². The van der Waals surface area contributed by atoms with Crippen LogP contribution < -0.4 is 24.5 Å². The molecule has 8 nitrogen and oxygen atoms in total. The Balaban J connectivity index is 1.74. The van der Waals surface area contributed by atoms with Crippen molar-refractivity contribution in [1.82, 2.24) is 0 Å². The molecule has 0 radical (unpaired) electrons. The summed E-state index contributed by atoms with van der Waals surface area (Å²) in [4.78, 5) is 28.1. The molecule has 0 fully saturated rings. The zero-order chi connectivity index (χ0) is 29.6. The lowest BCUT2D eigenvalue weighted by Gasteiger charge is -2.28. The average molecular weight is 560 g/mol. The fourth-order valence-corrected chi connectivity index (χ4v) is 4.81. The summed E-state index contributed by atoms with van der Waals surface area (Å²) in [6, 6.07) is 8.75. The van der Waals surface area contributed by atoms with Crippen molar-refractivity contribution in [3.8, 4) is 23.0 Å². The van der Waals surface area contributed by atoms with Gasteiger partial charge in [0.15, 0.2) is 11.5 Å². The maximum atomic E-state index is 14.4. The predicted octanol–water partition coefficient (Wildman–Crippen LogP) is 7.13. The van der Waals surface area contributed by atoms with E-state index in [-0.39, 0.29) is 51.3 Å². The number of hydrogen-bond acceptors (Lipinski definition) is 7. The van der Waals surface area contributed by atoms with Crippen molar-refractivity contribution in [2.24, 2.45) is 0 Å². The minimum atomic E-state index is -0.877. The molecule has 1 aliphatic rings. The predicted molar refractivity (Wildman–Crippen MR) is 156 cm³/mol. The second-order valence-electron chi connectivity index (χ2n) is 10.6. The molecule has 41 heavy (non-hydrogen) atoms. The lowest BCUT2D eigenvalue weighted by molar-refractivity contribution is 0.158. The largest absolute Gasteiger partial charge is 0.506 e. The van der Waals surface area contributed by atoms with E-state index in [0.717, 1.165) is 10.5 Å². The molecule has 0 aliphatic carbocycles. The van der Waals surface area contributed by atoms with E-state index in [1.54, 1.807) is 24.3 Å². The lowest BCUT2D eigenvalue weighted by atomic mass is 9.97. The van der Waals surface area contributed by atoms with Gasteiger partial charge in [0.2, 0.25) is 5.43 Å². The van der Waals surface area contributed by atoms with Gasteiger partial charge in [-0.25, -0.2) is 9.18 Å². The Morgan fingerprint density at radius 3 is 2.54 bits per heavy atom. The number of halogens is 1. The molecule has 1 aliphatic heterocycles. The fourth-order valence-electron chi connectivity index (χ4n) is 4.81. The Morgan fingerprint density at radius 2 is 1.85 bits per heavy atom. The van der Waals surface area contributed by atoms with Crippen molar-refractivity contribution in [1.29, 1.82) is 0 Å². The van der Waals surface area contributed by atoms with Crippen LogP contribution in [0.15, 0.2) is 63.3 Å². The van der Waals surface area contributed by atoms with Crippen LogP contribution >= 0.6 is 0 Å². The number of methoxy groups -OCH3 is 1. The highest BCUT2D eigenvalue weighted by molar-refractivity contribution is 6.00. The van der Waals surface area contributed by atoms with Gasteiger partial charge in [0.25, 0.3) is 0 Å². The quantitative estimate of drug-likeness (QED) is 0.205. The zero-order valence-corrected chi connectivity index (χ0v) is 23.6. The molecule has 0 bridgehead atoms. The second kappa shape index (κ2) is 10.3. The van der Waals surface area contributed by atoms with Crippen molar-refractivity contribution in [3.63, 3.8) is 0 Å². The van der Waals surface area contributed by atoms with E-state index in [9.17, 15) is 19.1 Å². The molecule has 5 rings (SSSR count). The molecule has 1 amide bonds. The van der Waals surface area contributed by atoms with Crippen LogP contribution in [-0.4, -0.2) is 31.0 Å². The molecule has 0 saturated heterocycles. The van der Waals surface area contributed by atoms with Gasteiger partial charge in [-0.1, -0.05) is 23.8 Å². The number of phenols is 1. The number of carbonyl (C=O) groups is 1. The number of carbonyl (C=O) groups excluding carboxylic acids is 1. The van der Waals surface area contributed by atoms with E-state index < -0.39 is 22.9 Å². The summed E-state index contributed by atoms with van der Waals surface area (Å²) in [5, 5.41) is 11.3. The number of fused-ring (bicyclic) bond motifs is 3. The topological polar surface area (TPSA) is 98.4 Å². The molecule has 0 spiro atoms. The summed E-state index contributed by atoms with van der Waals surface area (Å²) in [6.45, 7) is 7.55. The number of anilines is 1. The molecule has 9 heteroatoms. The first kappa shape index (κ1) is 27.8.